The molecule has 0 radical (unpaired) electrons. The second-order valence-electron chi connectivity index (χ2n) is 15.3. The molecule has 60 heavy (non-hydrogen) atoms. The predicted octanol–water partition coefficient (Wildman–Crippen LogP) is 13.2. The summed E-state index contributed by atoms with van der Waals surface area (Å²) in [6.45, 7) is 0. The first kappa shape index (κ1) is 34.1. The molecule has 0 unspecified atom stereocenters. The van der Waals surface area contributed by atoms with E-state index >= 15 is 0 Å². The van der Waals surface area contributed by atoms with E-state index in [0.29, 0.717) is 17.5 Å². The number of fused-ring (bicyclic) bond motifs is 10. The summed E-state index contributed by atoms with van der Waals surface area (Å²) in [7, 11) is 0. The summed E-state index contributed by atoms with van der Waals surface area (Å²) in [6.07, 6.45) is 1.89. The SMILES string of the molecule is c1ccc(-c2nc(-c3ccccc3)nc(-c3ccc(-c4cccc5c4-c4c(-c6cccc7cccnc67)cccc4C54c5ccccc5Oc5ccccc54)cc3)n2)cc1. The molecule has 0 N–H and O–H groups in total. The number of hydrogen-bond acceptors (Lipinski definition) is 5. The molecule has 10 aromatic rings. The average molecular weight is 767 g/mol. The summed E-state index contributed by atoms with van der Waals surface area (Å²) in [6, 6.07) is 70.1. The second kappa shape index (κ2) is 13.5. The first-order chi connectivity index (χ1) is 29.8. The summed E-state index contributed by atoms with van der Waals surface area (Å²) in [5, 5.41) is 1.11. The van der Waals surface area contributed by atoms with Crippen LogP contribution in [0.25, 0.3) is 78.4 Å². The number of nitrogens with zero attached hydrogens (tertiary/aromatic N) is 4. The third-order valence-electron chi connectivity index (χ3n) is 12.1. The zero-order chi connectivity index (χ0) is 39.6. The van der Waals surface area contributed by atoms with Gasteiger partial charge in [-0.2, -0.15) is 0 Å². The molecule has 280 valence electrons. The monoisotopic (exact) mass is 766 g/mol. The summed E-state index contributed by atoms with van der Waals surface area (Å²) < 4.78 is 6.68. The van der Waals surface area contributed by atoms with Gasteiger partial charge in [0.2, 0.25) is 0 Å². The topological polar surface area (TPSA) is 60.8 Å². The molecule has 5 nitrogen and oxygen atoms in total. The number of pyridine rings is 1. The Balaban J connectivity index is 1.10. The van der Waals surface area contributed by atoms with Gasteiger partial charge in [-0.15, -0.1) is 0 Å². The number of benzene rings is 8. The van der Waals surface area contributed by atoms with Crippen molar-refractivity contribution in [3.05, 3.63) is 229 Å². The molecule has 2 aromatic heterocycles. The average Bonchev–Trinajstić information content (AvgIpc) is 3.63. The van der Waals surface area contributed by atoms with Gasteiger partial charge in [0.1, 0.15) is 11.5 Å². The lowest BCUT2D eigenvalue weighted by molar-refractivity contribution is 0.436. The third kappa shape index (κ3) is 5.12. The normalized spacial score (nSPS) is 12.9. The smallest absolute Gasteiger partial charge is 0.164 e. The highest BCUT2D eigenvalue weighted by Crippen LogP contribution is 2.64. The fourth-order valence-electron chi connectivity index (χ4n) is 9.51. The van der Waals surface area contributed by atoms with Gasteiger partial charge < -0.3 is 4.74 Å². The Bertz CT molecular complexity index is 3180. The van der Waals surface area contributed by atoms with Gasteiger partial charge in [0, 0.05) is 45.0 Å². The maximum atomic E-state index is 6.68. The summed E-state index contributed by atoms with van der Waals surface area (Å²) >= 11 is 0. The van der Waals surface area contributed by atoms with E-state index in [9.17, 15) is 0 Å². The molecular weight excluding hydrogens is 733 g/mol. The molecule has 0 saturated heterocycles. The Morgan fingerprint density at radius 2 is 0.783 bits per heavy atom. The van der Waals surface area contributed by atoms with Crippen LogP contribution in [0.5, 0.6) is 11.5 Å². The lowest BCUT2D eigenvalue weighted by Crippen LogP contribution is -2.32. The molecule has 8 aromatic carbocycles. The number of aromatic nitrogens is 4. The van der Waals surface area contributed by atoms with Gasteiger partial charge in [-0.1, -0.05) is 182 Å². The van der Waals surface area contributed by atoms with Gasteiger partial charge >= 0.3 is 0 Å². The molecule has 0 fully saturated rings. The van der Waals surface area contributed by atoms with Crippen LogP contribution in [-0.2, 0) is 5.41 Å². The molecule has 0 saturated carbocycles. The largest absolute Gasteiger partial charge is 0.457 e. The van der Waals surface area contributed by atoms with Crippen LogP contribution < -0.4 is 4.74 Å². The van der Waals surface area contributed by atoms with Crippen molar-refractivity contribution in [2.75, 3.05) is 0 Å². The van der Waals surface area contributed by atoms with Gasteiger partial charge in [-0.25, -0.2) is 15.0 Å². The second-order valence-corrected chi connectivity index (χ2v) is 15.3. The number of hydrogen-bond donors (Lipinski definition) is 0. The lowest BCUT2D eigenvalue weighted by Gasteiger charge is -2.39. The van der Waals surface area contributed by atoms with Crippen molar-refractivity contribution in [1.29, 1.82) is 0 Å². The zero-order valence-corrected chi connectivity index (χ0v) is 32.3. The van der Waals surface area contributed by atoms with Crippen molar-refractivity contribution < 1.29 is 4.74 Å². The first-order valence-electron chi connectivity index (χ1n) is 20.2. The summed E-state index contributed by atoms with van der Waals surface area (Å²) in [5.74, 6) is 3.63. The molecule has 2 aliphatic rings. The number of ether oxygens (including phenoxy) is 1. The molecule has 1 aliphatic heterocycles. The fraction of sp³-hybridized carbons (Fsp3) is 0.0182. The van der Waals surface area contributed by atoms with Crippen molar-refractivity contribution in [2.45, 2.75) is 5.41 Å². The molecule has 0 bridgehead atoms. The van der Waals surface area contributed by atoms with Crippen LogP contribution in [0.1, 0.15) is 22.3 Å². The van der Waals surface area contributed by atoms with Crippen LogP contribution in [0.15, 0.2) is 206 Å². The Morgan fingerprint density at radius 3 is 1.40 bits per heavy atom. The Morgan fingerprint density at radius 1 is 0.333 bits per heavy atom. The van der Waals surface area contributed by atoms with E-state index in [1.165, 1.54) is 22.3 Å². The summed E-state index contributed by atoms with van der Waals surface area (Å²) in [5.41, 5.74) is 14.7. The molecular formula is C55H34N4O. The molecule has 1 spiro atoms. The van der Waals surface area contributed by atoms with Crippen LogP contribution in [0.2, 0.25) is 0 Å². The quantitative estimate of drug-likeness (QED) is 0.175. The van der Waals surface area contributed by atoms with Crippen LogP contribution in [0, 0.1) is 0 Å². The molecule has 1 aliphatic carbocycles. The minimum Gasteiger partial charge on any atom is -0.457 e. The van der Waals surface area contributed by atoms with Crippen molar-refractivity contribution in [1.82, 2.24) is 19.9 Å². The Labute approximate surface area is 347 Å². The van der Waals surface area contributed by atoms with Crippen LogP contribution in [-0.4, -0.2) is 19.9 Å². The molecule has 12 rings (SSSR count). The highest BCUT2D eigenvalue weighted by Gasteiger charge is 2.52. The standard InChI is InChI=1S/C55H34N4O/c1-3-15-37(16-4-1)52-57-53(38-17-5-2-6-18-38)59-54(58-52)39-32-30-35(31-33-39)40-21-12-26-45-49(40)50-41(42-23-11-19-36-20-14-34-56-51(36)42)22-13-27-46(50)55(45)43-24-7-9-28-47(43)60-48-29-10-8-25-44(48)55/h1-34H. The molecule has 0 atom stereocenters. The van der Waals surface area contributed by atoms with Crippen LogP contribution in [0.4, 0.5) is 0 Å². The number of para-hydroxylation sites is 3. The molecule has 0 amide bonds. The van der Waals surface area contributed by atoms with E-state index in [2.05, 4.69) is 133 Å². The summed E-state index contributed by atoms with van der Waals surface area (Å²) in [4.78, 5) is 19.9. The van der Waals surface area contributed by atoms with Crippen molar-refractivity contribution in [3.8, 4) is 79.0 Å². The minimum absolute atomic E-state index is 0.623. The highest BCUT2D eigenvalue weighted by atomic mass is 16.5. The van der Waals surface area contributed by atoms with E-state index < -0.39 is 5.41 Å². The molecule has 3 heterocycles. The number of rotatable bonds is 5. The van der Waals surface area contributed by atoms with Gasteiger partial charge in [0.25, 0.3) is 0 Å². The van der Waals surface area contributed by atoms with Crippen LogP contribution >= 0.6 is 0 Å². The Hall–Kier alpha value is -8.02. The minimum atomic E-state index is -0.632. The predicted molar refractivity (Wildman–Crippen MR) is 240 cm³/mol. The third-order valence-corrected chi connectivity index (χ3v) is 12.1. The van der Waals surface area contributed by atoms with Crippen LogP contribution in [0.3, 0.4) is 0 Å². The maximum absolute atomic E-state index is 6.68. The van der Waals surface area contributed by atoms with E-state index in [1.54, 1.807) is 0 Å². The van der Waals surface area contributed by atoms with Gasteiger partial charge in [0.15, 0.2) is 17.5 Å². The van der Waals surface area contributed by atoms with Gasteiger partial charge in [-0.3, -0.25) is 4.98 Å². The zero-order valence-electron chi connectivity index (χ0n) is 32.3. The Kier molecular flexibility index (Phi) is 7.69. The lowest BCUT2D eigenvalue weighted by atomic mass is 9.66. The van der Waals surface area contributed by atoms with Crippen molar-refractivity contribution in [3.63, 3.8) is 0 Å². The van der Waals surface area contributed by atoms with E-state index in [-0.39, 0.29) is 0 Å². The van der Waals surface area contributed by atoms with E-state index in [4.69, 9.17) is 24.7 Å². The first-order valence-corrected chi connectivity index (χ1v) is 20.2. The van der Waals surface area contributed by atoms with E-state index in [1.807, 2.05) is 72.9 Å². The van der Waals surface area contributed by atoms with Crippen molar-refractivity contribution >= 4 is 10.9 Å². The molecule has 5 heteroatoms. The van der Waals surface area contributed by atoms with Gasteiger partial charge in [-0.05, 0) is 57.1 Å². The fourth-order valence-corrected chi connectivity index (χ4v) is 9.51. The van der Waals surface area contributed by atoms with E-state index in [0.717, 1.165) is 72.5 Å². The maximum Gasteiger partial charge on any atom is 0.164 e. The van der Waals surface area contributed by atoms with Gasteiger partial charge in [0.05, 0.1) is 10.9 Å². The highest BCUT2D eigenvalue weighted by molar-refractivity contribution is 6.06. The van der Waals surface area contributed by atoms with Crippen molar-refractivity contribution in [2.24, 2.45) is 0 Å².